The van der Waals surface area contributed by atoms with E-state index in [9.17, 15) is 14.3 Å². The highest BCUT2D eigenvalue weighted by molar-refractivity contribution is 7.47. The van der Waals surface area contributed by atoms with Gasteiger partial charge < -0.3 is 18.9 Å². The van der Waals surface area contributed by atoms with Crippen LogP contribution in [-0.2, 0) is 27.9 Å². The third-order valence-corrected chi connectivity index (χ3v) is 9.11. The van der Waals surface area contributed by atoms with Crippen molar-refractivity contribution in [2.75, 3.05) is 54.1 Å². The monoisotopic (exact) mass is 727 g/mol. The van der Waals surface area contributed by atoms with Crippen LogP contribution in [0.5, 0.6) is 0 Å². The molecule has 9 heteroatoms. The molecule has 0 rings (SSSR count). The van der Waals surface area contributed by atoms with Crippen LogP contribution in [0.15, 0.2) is 48.6 Å². The quantitative estimate of drug-likeness (QED) is 0.0226. The second-order valence-electron chi connectivity index (χ2n) is 14.3. The first kappa shape index (κ1) is 48.5. The first-order valence-electron chi connectivity index (χ1n) is 19.9. The van der Waals surface area contributed by atoms with Gasteiger partial charge in [0.25, 0.3) is 0 Å². The molecule has 0 saturated carbocycles. The molecule has 0 aromatic rings. The van der Waals surface area contributed by atoms with Gasteiger partial charge in [0.05, 0.1) is 34.4 Å². The van der Waals surface area contributed by atoms with Gasteiger partial charge >= 0.3 is 13.8 Å². The molecular weight excluding hydrogens is 649 g/mol. The molecule has 2 unspecified atom stereocenters. The third-order valence-electron chi connectivity index (χ3n) is 8.12. The zero-order valence-corrected chi connectivity index (χ0v) is 33.8. The molecule has 50 heavy (non-hydrogen) atoms. The Hall–Kier alpha value is -1.54. The number of nitrogens with zero attached hydrogens (tertiary/aromatic N) is 1. The number of likely N-dealkylation sites (N-methyl/N-ethyl adjacent to an activating group) is 1. The predicted molar refractivity (Wildman–Crippen MR) is 210 cm³/mol. The number of unbranched alkanes of at least 4 members (excludes halogenated alkanes) is 14. The van der Waals surface area contributed by atoms with Crippen LogP contribution in [-0.4, -0.2) is 75.6 Å². The van der Waals surface area contributed by atoms with Gasteiger partial charge in [-0.1, -0.05) is 120 Å². The van der Waals surface area contributed by atoms with Crippen LogP contribution in [0.3, 0.4) is 0 Å². The van der Waals surface area contributed by atoms with Crippen molar-refractivity contribution in [1.29, 1.82) is 0 Å². The summed E-state index contributed by atoms with van der Waals surface area (Å²) in [5, 5.41) is 0. The van der Waals surface area contributed by atoms with Crippen LogP contribution in [0, 0.1) is 0 Å². The summed E-state index contributed by atoms with van der Waals surface area (Å²) < 4.78 is 34.8. The van der Waals surface area contributed by atoms with E-state index in [-0.39, 0.29) is 25.8 Å². The number of phosphoric acid groups is 1. The summed E-state index contributed by atoms with van der Waals surface area (Å²) in [7, 11) is 1.64. The van der Waals surface area contributed by atoms with Gasteiger partial charge in [0.1, 0.15) is 19.3 Å². The van der Waals surface area contributed by atoms with Crippen molar-refractivity contribution in [3.05, 3.63) is 48.6 Å². The van der Waals surface area contributed by atoms with E-state index in [0.29, 0.717) is 24.1 Å². The lowest BCUT2D eigenvalue weighted by Gasteiger charge is -2.24. The maximum atomic E-state index is 12.6. The van der Waals surface area contributed by atoms with E-state index in [0.717, 1.165) is 83.5 Å². The predicted octanol–water partition coefficient (Wildman–Crippen LogP) is 11.2. The molecule has 1 N–H and O–H groups in total. The van der Waals surface area contributed by atoms with Gasteiger partial charge in [-0.25, -0.2) is 4.57 Å². The first-order chi connectivity index (χ1) is 24.1. The number of esters is 1. The maximum Gasteiger partial charge on any atom is 0.472 e. The van der Waals surface area contributed by atoms with Gasteiger partial charge in [0, 0.05) is 13.0 Å². The smallest absolute Gasteiger partial charge is 0.457 e. The number of hydrogen-bond donors (Lipinski definition) is 1. The highest BCUT2D eigenvalue weighted by atomic mass is 31.2. The van der Waals surface area contributed by atoms with Gasteiger partial charge in [-0.2, -0.15) is 0 Å². The second kappa shape index (κ2) is 34.5. The molecule has 0 spiro atoms. The van der Waals surface area contributed by atoms with Crippen molar-refractivity contribution in [3.8, 4) is 0 Å². The molecule has 0 amide bonds. The van der Waals surface area contributed by atoms with E-state index in [1.165, 1.54) is 44.9 Å². The molecule has 0 aromatic carbocycles. The second-order valence-corrected chi connectivity index (χ2v) is 15.7. The van der Waals surface area contributed by atoms with Crippen LogP contribution in [0.2, 0.25) is 0 Å². The molecule has 0 aromatic heterocycles. The van der Waals surface area contributed by atoms with Crippen LogP contribution in [0.25, 0.3) is 0 Å². The molecule has 0 saturated heterocycles. The molecule has 292 valence electrons. The fraction of sp³-hybridized carbons (Fsp3) is 0.780. The summed E-state index contributed by atoms with van der Waals surface area (Å²) in [4.78, 5) is 22.8. The van der Waals surface area contributed by atoms with Gasteiger partial charge in [-0.05, 0) is 70.6 Å². The van der Waals surface area contributed by atoms with Crippen LogP contribution in [0.1, 0.15) is 149 Å². The standard InChI is InChI=1S/C41H76NO7P/c1-6-8-10-12-14-16-18-20-22-24-26-28-30-32-34-41(43)49-40(39-48-50(44,45)47-37-35-42(3,4)5)38-46-36-33-31-29-27-25-23-21-19-17-15-13-11-9-7-2/h9,11,15,17-18,20-21,23,40H,6-8,10,12-14,16,19,22,24-39H2,1-5H3/p+1/b11-9-,17-15-,20-18-,23-21-. The lowest BCUT2D eigenvalue weighted by atomic mass is 10.1. The van der Waals surface area contributed by atoms with Crippen molar-refractivity contribution in [3.63, 3.8) is 0 Å². The minimum atomic E-state index is -4.28. The van der Waals surface area contributed by atoms with Crippen molar-refractivity contribution < 1.29 is 37.3 Å². The lowest BCUT2D eigenvalue weighted by molar-refractivity contribution is -0.870. The normalized spacial score (nSPS) is 14.4. The number of carbonyl (C=O) groups excluding carboxylic acids is 1. The molecule has 0 fully saturated rings. The molecular formula is C41H77NO7P+. The number of phosphoric ester groups is 1. The minimum absolute atomic E-state index is 0.0808. The Labute approximate surface area is 308 Å². The Morgan fingerprint density at radius 2 is 1.16 bits per heavy atom. The molecule has 0 heterocycles. The van der Waals surface area contributed by atoms with Crippen LogP contribution < -0.4 is 0 Å². The highest BCUT2D eigenvalue weighted by Crippen LogP contribution is 2.43. The largest absolute Gasteiger partial charge is 0.472 e. The number of carbonyl (C=O) groups is 1. The van der Waals surface area contributed by atoms with Crippen molar-refractivity contribution in [2.24, 2.45) is 0 Å². The van der Waals surface area contributed by atoms with Gasteiger partial charge in [0.15, 0.2) is 0 Å². The summed E-state index contributed by atoms with van der Waals surface area (Å²) in [5.74, 6) is -0.334. The Morgan fingerprint density at radius 3 is 1.76 bits per heavy atom. The Balaban J connectivity index is 4.35. The lowest BCUT2D eigenvalue weighted by Crippen LogP contribution is -2.37. The Morgan fingerprint density at radius 1 is 0.640 bits per heavy atom. The average Bonchev–Trinajstić information content (AvgIpc) is 3.06. The molecule has 0 radical (unpaired) electrons. The molecule has 0 aliphatic heterocycles. The first-order valence-corrected chi connectivity index (χ1v) is 21.4. The summed E-state index contributed by atoms with van der Waals surface area (Å²) in [6.07, 6.45) is 40.0. The summed E-state index contributed by atoms with van der Waals surface area (Å²) in [6, 6.07) is 0. The fourth-order valence-corrected chi connectivity index (χ4v) is 5.77. The third kappa shape index (κ3) is 37.7. The zero-order chi connectivity index (χ0) is 37.0. The maximum absolute atomic E-state index is 12.6. The van der Waals surface area contributed by atoms with E-state index in [1.807, 2.05) is 21.1 Å². The highest BCUT2D eigenvalue weighted by Gasteiger charge is 2.26. The molecule has 8 nitrogen and oxygen atoms in total. The van der Waals surface area contributed by atoms with Gasteiger partial charge in [-0.15, -0.1) is 0 Å². The van der Waals surface area contributed by atoms with Crippen molar-refractivity contribution in [2.45, 2.75) is 155 Å². The van der Waals surface area contributed by atoms with Crippen molar-refractivity contribution >= 4 is 13.8 Å². The SMILES string of the molecule is CC/C=C\C/C=C\C/C=C\CCCCCCOCC(COP(=O)(O)OCC[N+](C)(C)C)OC(=O)CCCCCCC/C=C\CCCCCCC. The molecule has 0 aliphatic carbocycles. The molecule has 0 bridgehead atoms. The van der Waals surface area contributed by atoms with E-state index >= 15 is 0 Å². The van der Waals surface area contributed by atoms with Crippen molar-refractivity contribution in [1.82, 2.24) is 0 Å². The topological polar surface area (TPSA) is 91.3 Å². The molecule has 0 aliphatic rings. The van der Waals surface area contributed by atoms with E-state index in [2.05, 4.69) is 62.5 Å². The number of hydrogen-bond acceptors (Lipinski definition) is 6. The fourth-order valence-electron chi connectivity index (χ4n) is 5.03. The van der Waals surface area contributed by atoms with E-state index < -0.39 is 13.9 Å². The minimum Gasteiger partial charge on any atom is -0.457 e. The van der Waals surface area contributed by atoms with Gasteiger partial charge in [-0.3, -0.25) is 13.8 Å². The Bertz CT molecular complexity index is 942. The van der Waals surface area contributed by atoms with Crippen LogP contribution in [0.4, 0.5) is 0 Å². The molecule has 2 atom stereocenters. The summed E-state index contributed by atoms with van der Waals surface area (Å²) in [5.41, 5.74) is 0. The Kier molecular flexibility index (Phi) is 33.5. The van der Waals surface area contributed by atoms with E-state index in [1.54, 1.807) is 0 Å². The number of rotatable bonds is 36. The number of ether oxygens (including phenoxy) is 2. The van der Waals surface area contributed by atoms with Gasteiger partial charge in [0.2, 0.25) is 0 Å². The summed E-state index contributed by atoms with van der Waals surface area (Å²) >= 11 is 0. The zero-order valence-electron chi connectivity index (χ0n) is 32.9. The number of quaternary nitrogens is 1. The number of allylic oxidation sites excluding steroid dienone is 8. The summed E-state index contributed by atoms with van der Waals surface area (Å²) in [6.45, 7) is 5.42. The van der Waals surface area contributed by atoms with E-state index in [4.69, 9.17) is 18.5 Å². The average molecular weight is 727 g/mol. The van der Waals surface area contributed by atoms with Crippen LogP contribution >= 0.6 is 7.82 Å².